The minimum absolute atomic E-state index is 0.0307. The molecule has 0 saturated heterocycles. The zero-order chi connectivity index (χ0) is 23.8. The van der Waals surface area contributed by atoms with Crippen LogP contribution in [0, 0.1) is 16.7 Å². The van der Waals surface area contributed by atoms with E-state index in [9.17, 15) is 20.0 Å². The number of ether oxygens (including phenoxy) is 1. The molecule has 170 valence electrons. The Hall–Kier alpha value is -3.92. The van der Waals surface area contributed by atoms with Gasteiger partial charge in [0.05, 0.1) is 17.1 Å². The van der Waals surface area contributed by atoms with Gasteiger partial charge < -0.3 is 15.2 Å². The first kappa shape index (κ1) is 23.7. The number of carbonyl (C=O) groups excluding carboxylic acids is 1. The van der Waals surface area contributed by atoms with Crippen molar-refractivity contribution in [3.05, 3.63) is 83.3 Å². The van der Waals surface area contributed by atoms with Gasteiger partial charge in [-0.25, -0.2) is 4.79 Å². The average molecular weight is 446 g/mol. The minimum Gasteiger partial charge on any atom is -0.478 e. The van der Waals surface area contributed by atoms with Crippen molar-refractivity contribution in [1.29, 1.82) is 5.26 Å². The van der Waals surface area contributed by atoms with Crippen LogP contribution in [0.2, 0.25) is 0 Å². The first-order valence-electron chi connectivity index (χ1n) is 10.8. The SMILES string of the molecule is CC1=C(C(=O)O)C(c2ccncc2)C(CCC#N)(C(=O)OCC=Cc2ccccc2)C(C)N1. The number of carbonyl (C=O) groups is 2. The third kappa shape index (κ3) is 4.96. The summed E-state index contributed by atoms with van der Waals surface area (Å²) in [5.74, 6) is -2.46. The number of benzene rings is 1. The number of carboxylic acid groups (broad SMARTS) is 1. The van der Waals surface area contributed by atoms with E-state index in [1.54, 1.807) is 37.5 Å². The van der Waals surface area contributed by atoms with Gasteiger partial charge in [-0.1, -0.05) is 36.4 Å². The Morgan fingerprint density at radius 3 is 2.58 bits per heavy atom. The number of esters is 1. The molecule has 3 atom stereocenters. The van der Waals surface area contributed by atoms with Crippen LogP contribution >= 0.6 is 0 Å². The van der Waals surface area contributed by atoms with E-state index in [-0.39, 0.29) is 25.0 Å². The van der Waals surface area contributed by atoms with Gasteiger partial charge in [0.1, 0.15) is 6.61 Å². The number of nitriles is 1. The van der Waals surface area contributed by atoms with E-state index in [1.807, 2.05) is 43.3 Å². The molecule has 7 nitrogen and oxygen atoms in total. The highest BCUT2D eigenvalue weighted by Gasteiger charge is 2.56. The van der Waals surface area contributed by atoms with E-state index < -0.39 is 29.3 Å². The zero-order valence-corrected chi connectivity index (χ0v) is 18.7. The molecule has 1 aromatic heterocycles. The van der Waals surface area contributed by atoms with Crippen LogP contribution in [0.4, 0.5) is 0 Å². The molecule has 0 amide bonds. The molecular formula is C26H27N3O4. The van der Waals surface area contributed by atoms with Gasteiger partial charge in [0, 0.05) is 36.5 Å². The average Bonchev–Trinajstić information content (AvgIpc) is 2.82. The fourth-order valence-corrected chi connectivity index (χ4v) is 4.59. The van der Waals surface area contributed by atoms with Crippen LogP contribution in [0.5, 0.6) is 0 Å². The quantitative estimate of drug-likeness (QED) is 0.589. The standard InChI is InChI=1S/C26H27N3O4/c1-18-22(24(30)31)23(21-11-15-28-16-12-21)26(13-7-14-27,19(2)29-18)25(32)33-17-6-10-20-8-4-3-5-9-20/h3-6,8-12,15-16,19,23,29H,7,13,17H2,1-2H3,(H,30,31). The van der Waals surface area contributed by atoms with Crippen molar-refractivity contribution in [2.45, 2.75) is 38.6 Å². The molecular weight excluding hydrogens is 418 g/mol. The highest BCUT2D eigenvalue weighted by molar-refractivity contribution is 5.93. The molecule has 3 unspecified atom stereocenters. The Bertz CT molecular complexity index is 1090. The highest BCUT2D eigenvalue weighted by Crippen LogP contribution is 2.51. The summed E-state index contributed by atoms with van der Waals surface area (Å²) in [5.41, 5.74) is 0.909. The van der Waals surface area contributed by atoms with Crippen LogP contribution in [0.25, 0.3) is 6.08 Å². The van der Waals surface area contributed by atoms with Gasteiger partial charge in [0.2, 0.25) is 0 Å². The number of allylic oxidation sites excluding steroid dienone is 1. The lowest BCUT2D eigenvalue weighted by molar-refractivity contribution is -0.159. The Balaban J connectivity index is 2.01. The number of aliphatic carboxylic acids is 1. The second kappa shape index (κ2) is 10.6. The molecule has 0 radical (unpaired) electrons. The number of hydrogen-bond acceptors (Lipinski definition) is 6. The van der Waals surface area contributed by atoms with Gasteiger partial charge in [0.25, 0.3) is 0 Å². The molecule has 2 heterocycles. The van der Waals surface area contributed by atoms with Gasteiger partial charge in [-0.2, -0.15) is 5.26 Å². The first-order valence-corrected chi connectivity index (χ1v) is 10.8. The lowest BCUT2D eigenvalue weighted by atomic mass is 9.60. The summed E-state index contributed by atoms with van der Waals surface area (Å²) in [6.07, 6.45) is 6.96. The molecule has 0 aliphatic carbocycles. The number of pyridine rings is 1. The zero-order valence-electron chi connectivity index (χ0n) is 18.7. The number of nitrogens with zero attached hydrogens (tertiary/aromatic N) is 2. The molecule has 7 heteroatoms. The second-order valence-corrected chi connectivity index (χ2v) is 8.03. The Labute approximate surface area is 193 Å². The maximum atomic E-state index is 13.7. The molecule has 0 bridgehead atoms. The Kier molecular flexibility index (Phi) is 7.62. The smallest absolute Gasteiger partial charge is 0.333 e. The summed E-state index contributed by atoms with van der Waals surface area (Å²) in [4.78, 5) is 30.0. The van der Waals surface area contributed by atoms with Crippen molar-refractivity contribution < 1.29 is 19.4 Å². The Morgan fingerprint density at radius 2 is 1.94 bits per heavy atom. The van der Waals surface area contributed by atoms with E-state index in [0.29, 0.717) is 11.3 Å². The van der Waals surface area contributed by atoms with E-state index in [0.717, 1.165) is 5.56 Å². The van der Waals surface area contributed by atoms with Crippen molar-refractivity contribution in [3.8, 4) is 6.07 Å². The van der Waals surface area contributed by atoms with Crippen LogP contribution in [-0.4, -0.2) is 34.7 Å². The fourth-order valence-electron chi connectivity index (χ4n) is 4.59. The van der Waals surface area contributed by atoms with Gasteiger partial charge in [-0.3, -0.25) is 9.78 Å². The van der Waals surface area contributed by atoms with Gasteiger partial charge in [-0.05, 0) is 49.6 Å². The lowest BCUT2D eigenvalue weighted by Gasteiger charge is -2.47. The van der Waals surface area contributed by atoms with E-state index >= 15 is 0 Å². The fraction of sp³-hybridized carbons (Fsp3) is 0.308. The highest BCUT2D eigenvalue weighted by atomic mass is 16.5. The molecule has 2 N–H and O–H groups in total. The normalized spacial score (nSPS) is 22.5. The van der Waals surface area contributed by atoms with Crippen LogP contribution < -0.4 is 5.32 Å². The molecule has 0 saturated carbocycles. The number of rotatable bonds is 8. The molecule has 2 aromatic rings. The van der Waals surface area contributed by atoms with Crippen LogP contribution in [0.3, 0.4) is 0 Å². The van der Waals surface area contributed by atoms with Crippen molar-refractivity contribution in [2.24, 2.45) is 5.41 Å². The molecule has 0 spiro atoms. The van der Waals surface area contributed by atoms with Crippen molar-refractivity contribution in [3.63, 3.8) is 0 Å². The molecule has 0 fully saturated rings. The summed E-state index contributed by atoms with van der Waals surface area (Å²) in [6, 6.07) is 14.7. The number of carboxylic acids is 1. The minimum atomic E-state index is -1.29. The molecule has 33 heavy (non-hydrogen) atoms. The predicted octanol–water partition coefficient (Wildman–Crippen LogP) is 4.06. The predicted molar refractivity (Wildman–Crippen MR) is 124 cm³/mol. The molecule has 1 aromatic carbocycles. The summed E-state index contributed by atoms with van der Waals surface area (Å²) in [6.45, 7) is 3.55. The van der Waals surface area contributed by atoms with E-state index in [4.69, 9.17) is 4.74 Å². The van der Waals surface area contributed by atoms with Crippen molar-refractivity contribution in [2.75, 3.05) is 6.61 Å². The molecule has 3 rings (SSSR count). The molecule has 1 aliphatic heterocycles. The molecule has 1 aliphatic rings. The lowest BCUT2D eigenvalue weighted by Crippen LogP contribution is -2.57. The number of aromatic nitrogens is 1. The van der Waals surface area contributed by atoms with Crippen molar-refractivity contribution >= 4 is 18.0 Å². The summed E-state index contributed by atoms with van der Waals surface area (Å²) < 4.78 is 5.68. The van der Waals surface area contributed by atoms with Gasteiger partial charge in [-0.15, -0.1) is 0 Å². The largest absolute Gasteiger partial charge is 0.478 e. The van der Waals surface area contributed by atoms with Crippen LogP contribution in [-0.2, 0) is 14.3 Å². The number of nitrogens with one attached hydrogen (secondary N) is 1. The van der Waals surface area contributed by atoms with E-state index in [1.165, 1.54) is 0 Å². The van der Waals surface area contributed by atoms with Gasteiger partial charge >= 0.3 is 11.9 Å². The van der Waals surface area contributed by atoms with E-state index in [2.05, 4.69) is 16.4 Å². The summed E-state index contributed by atoms with van der Waals surface area (Å²) in [7, 11) is 0. The maximum absolute atomic E-state index is 13.7. The third-order valence-electron chi connectivity index (χ3n) is 6.13. The van der Waals surface area contributed by atoms with Gasteiger partial charge in [0.15, 0.2) is 0 Å². The topological polar surface area (TPSA) is 112 Å². The number of hydrogen-bond donors (Lipinski definition) is 2. The summed E-state index contributed by atoms with van der Waals surface area (Å²) >= 11 is 0. The van der Waals surface area contributed by atoms with Crippen LogP contribution in [0.1, 0.15) is 43.7 Å². The first-order chi connectivity index (χ1) is 15.9. The summed E-state index contributed by atoms with van der Waals surface area (Å²) in [5, 5.41) is 22.6. The second-order valence-electron chi connectivity index (χ2n) is 8.03. The Morgan fingerprint density at radius 1 is 1.24 bits per heavy atom. The van der Waals surface area contributed by atoms with Crippen LogP contribution in [0.15, 0.2) is 72.2 Å². The maximum Gasteiger partial charge on any atom is 0.333 e. The monoisotopic (exact) mass is 445 g/mol. The van der Waals surface area contributed by atoms with Crippen molar-refractivity contribution in [1.82, 2.24) is 10.3 Å². The third-order valence-corrected chi connectivity index (χ3v) is 6.13.